The fraction of sp³-hybridized carbons (Fsp3) is 0.375. The maximum absolute atomic E-state index is 6.00. The Hall–Kier alpha value is -1.48. The van der Waals surface area contributed by atoms with Gasteiger partial charge in [-0.3, -0.25) is 4.98 Å². The highest BCUT2D eigenvalue weighted by atomic mass is 32.1. The molecule has 98 valence electrons. The van der Waals surface area contributed by atoms with Gasteiger partial charge in [-0.25, -0.2) is 0 Å². The molecule has 3 heteroatoms. The van der Waals surface area contributed by atoms with E-state index >= 15 is 0 Å². The van der Waals surface area contributed by atoms with Gasteiger partial charge in [0, 0.05) is 16.6 Å². The van der Waals surface area contributed by atoms with Crippen molar-refractivity contribution in [2.45, 2.75) is 39.5 Å². The molecule has 0 spiro atoms. The van der Waals surface area contributed by atoms with Gasteiger partial charge in [0.25, 0.3) is 0 Å². The van der Waals surface area contributed by atoms with Crippen LogP contribution in [0.4, 0.5) is 0 Å². The molecule has 0 fully saturated rings. The molecule has 0 amide bonds. The van der Waals surface area contributed by atoms with Crippen molar-refractivity contribution >= 4 is 28.1 Å². The SMILES string of the molecule is Cc1cc2nc3c(c(C(N)=S)c2cc1C)CCCC3. The molecule has 0 aliphatic heterocycles. The number of aromatic nitrogens is 1. The number of hydrogen-bond donors (Lipinski definition) is 1. The van der Waals surface area contributed by atoms with Crippen molar-refractivity contribution in [3.63, 3.8) is 0 Å². The van der Waals surface area contributed by atoms with E-state index in [-0.39, 0.29) is 0 Å². The van der Waals surface area contributed by atoms with Gasteiger partial charge in [-0.2, -0.15) is 0 Å². The molecule has 19 heavy (non-hydrogen) atoms. The van der Waals surface area contributed by atoms with Crippen LogP contribution in [0.3, 0.4) is 0 Å². The lowest BCUT2D eigenvalue weighted by atomic mass is 9.89. The number of thiocarbonyl (C=S) groups is 1. The van der Waals surface area contributed by atoms with Crippen LogP contribution in [-0.2, 0) is 12.8 Å². The summed E-state index contributed by atoms with van der Waals surface area (Å²) in [5.41, 5.74) is 13.1. The summed E-state index contributed by atoms with van der Waals surface area (Å²) < 4.78 is 0. The predicted octanol–water partition coefficient (Wildman–Crippen LogP) is 3.36. The number of rotatable bonds is 1. The Kier molecular flexibility index (Phi) is 3.02. The molecule has 1 aliphatic rings. The molecule has 3 rings (SSSR count). The molecule has 1 heterocycles. The van der Waals surface area contributed by atoms with Gasteiger partial charge in [-0.15, -0.1) is 0 Å². The summed E-state index contributed by atoms with van der Waals surface area (Å²) in [6, 6.07) is 4.34. The van der Waals surface area contributed by atoms with Crippen molar-refractivity contribution in [1.82, 2.24) is 4.98 Å². The molecule has 0 saturated heterocycles. The molecule has 0 unspecified atom stereocenters. The van der Waals surface area contributed by atoms with E-state index in [4.69, 9.17) is 22.9 Å². The van der Waals surface area contributed by atoms with Gasteiger partial charge in [0.15, 0.2) is 0 Å². The third kappa shape index (κ3) is 2.02. The van der Waals surface area contributed by atoms with Crippen molar-refractivity contribution in [1.29, 1.82) is 0 Å². The normalized spacial score (nSPS) is 14.4. The average molecular weight is 270 g/mol. The molecule has 2 aromatic rings. The van der Waals surface area contributed by atoms with Crippen LogP contribution in [0, 0.1) is 13.8 Å². The zero-order valence-corrected chi connectivity index (χ0v) is 12.2. The highest BCUT2D eigenvalue weighted by molar-refractivity contribution is 7.80. The number of fused-ring (bicyclic) bond motifs is 2. The van der Waals surface area contributed by atoms with Crippen LogP contribution >= 0.6 is 12.2 Å². The second-order valence-electron chi connectivity index (χ2n) is 5.44. The summed E-state index contributed by atoms with van der Waals surface area (Å²) in [5.74, 6) is 0. The van der Waals surface area contributed by atoms with Gasteiger partial charge in [-0.1, -0.05) is 12.2 Å². The van der Waals surface area contributed by atoms with Crippen molar-refractivity contribution < 1.29 is 0 Å². The van der Waals surface area contributed by atoms with Crippen LogP contribution < -0.4 is 5.73 Å². The number of nitrogens with two attached hydrogens (primary N) is 1. The fourth-order valence-electron chi connectivity index (χ4n) is 2.97. The first kappa shape index (κ1) is 12.5. The zero-order chi connectivity index (χ0) is 13.6. The second kappa shape index (κ2) is 4.57. The minimum Gasteiger partial charge on any atom is -0.389 e. The number of pyridine rings is 1. The van der Waals surface area contributed by atoms with E-state index in [0.717, 1.165) is 29.3 Å². The van der Waals surface area contributed by atoms with Crippen molar-refractivity contribution in [3.8, 4) is 0 Å². The summed E-state index contributed by atoms with van der Waals surface area (Å²) in [5, 5.41) is 1.12. The Bertz CT molecular complexity index is 689. The topological polar surface area (TPSA) is 38.9 Å². The number of nitrogens with zero attached hydrogens (tertiary/aromatic N) is 1. The van der Waals surface area contributed by atoms with E-state index in [9.17, 15) is 0 Å². The first-order valence-electron chi connectivity index (χ1n) is 6.80. The lowest BCUT2D eigenvalue weighted by Crippen LogP contribution is -2.18. The maximum atomic E-state index is 6.00. The number of benzene rings is 1. The third-order valence-corrected chi connectivity index (χ3v) is 4.33. The van der Waals surface area contributed by atoms with Gasteiger partial charge < -0.3 is 5.73 Å². The van der Waals surface area contributed by atoms with Crippen molar-refractivity contribution in [2.75, 3.05) is 0 Å². The van der Waals surface area contributed by atoms with E-state index < -0.39 is 0 Å². The van der Waals surface area contributed by atoms with Gasteiger partial charge in [0.05, 0.1) is 5.52 Å². The van der Waals surface area contributed by atoms with Gasteiger partial charge in [-0.05, 0) is 68.4 Å². The molecule has 0 bridgehead atoms. The molecular formula is C16H18N2S. The van der Waals surface area contributed by atoms with Crippen LogP contribution in [0.1, 0.15) is 40.8 Å². The molecule has 1 aromatic heterocycles. The lowest BCUT2D eigenvalue weighted by Gasteiger charge is -2.20. The lowest BCUT2D eigenvalue weighted by molar-refractivity contribution is 0.670. The van der Waals surface area contributed by atoms with Crippen LogP contribution in [0.2, 0.25) is 0 Å². The summed E-state index contributed by atoms with van der Waals surface area (Å²) in [6.07, 6.45) is 4.53. The van der Waals surface area contributed by atoms with Crippen LogP contribution in [0.25, 0.3) is 10.9 Å². The van der Waals surface area contributed by atoms with Gasteiger partial charge in [0.2, 0.25) is 0 Å². The summed E-state index contributed by atoms with van der Waals surface area (Å²) in [6.45, 7) is 4.24. The minimum absolute atomic E-state index is 0.508. The second-order valence-corrected chi connectivity index (χ2v) is 5.88. The molecule has 1 aromatic carbocycles. The summed E-state index contributed by atoms with van der Waals surface area (Å²) >= 11 is 5.30. The summed E-state index contributed by atoms with van der Waals surface area (Å²) in [7, 11) is 0. The van der Waals surface area contributed by atoms with Crippen molar-refractivity contribution in [3.05, 3.63) is 40.1 Å². The van der Waals surface area contributed by atoms with Crippen LogP contribution in [0.15, 0.2) is 12.1 Å². The van der Waals surface area contributed by atoms with Crippen molar-refractivity contribution in [2.24, 2.45) is 5.73 Å². The molecule has 2 N–H and O–H groups in total. The Balaban J connectivity index is 2.42. The smallest absolute Gasteiger partial charge is 0.105 e. The zero-order valence-electron chi connectivity index (χ0n) is 11.4. The Morgan fingerprint density at radius 1 is 1.16 bits per heavy atom. The monoisotopic (exact) mass is 270 g/mol. The third-order valence-electron chi connectivity index (χ3n) is 4.12. The van der Waals surface area contributed by atoms with Gasteiger partial charge >= 0.3 is 0 Å². The predicted molar refractivity (Wildman–Crippen MR) is 83.7 cm³/mol. The first-order chi connectivity index (χ1) is 9.08. The Morgan fingerprint density at radius 2 is 1.84 bits per heavy atom. The Labute approximate surface area is 119 Å². The first-order valence-corrected chi connectivity index (χ1v) is 7.21. The summed E-state index contributed by atoms with van der Waals surface area (Å²) in [4.78, 5) is 5.35. The van der Waals surface area contributed by atoms with Gasteiger partial charge in [0.1, 0.15) is 4.99 Å². The standard InChI is InChI=1S/C16H18N2S/c1-9-7-12-14(8-10(9)2)18-13-6-4-3-5-11(13)15(12)16(17)19/h7-8H,3-6H2,1-2H3,(H2,17,19). The minimum atomic E-state index is 0.508. The highest BCUT2D eigenvalue weighted by Gasteiger charge is 2.19. The Morgan fingerprint density at radius 3 is 2.58 bits per heavy atom. The fourth-order valence-corrected chi connectivity index (χ4v) is 3.20. The van der Waals surface area contributed by atoms with E-state index in [1.807, 2.05) is 0 Å². The van der Waals surface area contributed by atoms with E-state index in [1.54, 1.807) is 0 Å². The largest absolute Gasteiger partial charge is 0.389 e. The number of aryl methyl sites for hydroxylation is 3. The molecular weight excluding hydrogens is 252 g/mol. The van der Waals surface area contributed by atoms with Crippen LogP contribution in [-0.4, -0.2) is 9.97 Å². The highest BCUT2D eigenvalue weighted by Crippen LogP contribution is 2.30. The quantitative estimate of drug-likeness (QED) is 0.808. The van der Waals surface area contributed by atoms with E-state index in [0.29, 0.717) is 4.99 Å². The molecule has 0 radical (unpaired) electrons. The molecule has 0 saturated carbocycles. The average Bonchev–Trinajstić information content (AvgIpc) is 2.37. The number of hydrogen-bond acceptors (Lipinski definition) is 2. The molecule has 0 atom stereocenters. The molecule has 2 nitrogen and oxygen atoms in total. The van der Waals surface area contributed by atoms with E-state index in [1.165, 1.54) is 35.2 Å². The molecule has 1 aliphatic carbocycles. The maximum Gasteiger partial charge on any atom is 0.105 e. The van der Waals surface area contributed by atoms with E-state index in [2.05, 4.69) is 26.0 Å². The van der Waals surface area contributed by atoms with Crippen LogP contribution in [0.5, 0.6) is 0 Å².